The lowest BCUT2D eigenvalue weighted by atomic mass is 10.2. The Hall–Kier alpha value is -0.660. The van der Waals surface area contributed by atoms with Crippen LogP contribution in [0, 0.1) is 6.92 Å². The summed E-state index contributed by atoms with van der Waals surface area (Å²) >= 11 is 5.84. The molecule has 3 N–H and O–H groups in total. The Morgan fingerprint density at radius 1 is 1.35 bits per heavy atom. The minimum atomic E-state index is -3.83. The van der Waals surface area contributed by atoms with E-state index >= 15 is 0 Å². The molecular formula is C10H14ClNO4S. The molecule has 0 aliphatic rings. The molecule has 0 amide bonds. The van der Waals surface area contributed by atoms with Crippen molar-refractivity contribution in [1.29, 1.82) is 0 Å². The molecule has 0 unspecified atom stereocenters. The van der Waals surface area contributed by atoms with Crippen molar-refractivity contribution in [3.8, 4) is 0 Å². The van der Waals surface area contributed by atoms with E-state index in [1.54, 1.807) is 13.0 Å². The van der Waals surface area contributed by atoms with Gasteiger partial charge in [0, 0.05) is 0 Å². The summed E-state index contributed by atoms with van der Waals surface area (Å²) in [4.78, 5) is -0.0725. The van der Waals surface area contributed by atoms with Crippen molar-refractivity contribution in [2.45, 2.75) is 17.9 Å². The molecule has 5 nitrogen and oxygen atoms in total. The van der Waals surface area contributed by atoms with Gasteiger partial charge in [0.2, 0.25) is 10.0 Å². The number of benzene rings is 1. The number of aliphatic hydroxyl groups is 2. The molecule has 1 aromatic carbocycles. The Morgan fingerprint density at radius 3 is 2.41 bits per heavy atom. The second-order valence-electron chi connectivity index (χ2n) is 3.62. The second kappa shape index (κ2) is 5.79. The van der Waals surface area contributed by atoms with Crippen molar-refractivity contribution >= 4 is 21.6 Å². The van der Waals surface area contributed by atoms with Crippen LogP contribution in [0.3, 0.4) is 0 Å². The number of aliphatic hydroxyl groups excluding tert-OH is 2. The molecular weight excluding hydrogens is 266 g/mol. The van der Waals surface area contributed by atoms with E-state index in [0.29, 0.717) is 0 Å². The van der Waals surface area contributed by atoms with Gasteiger partial charge in [-0.2, -0.15) is 0 Å². The van der Waals surface area contributed by atoms with Gasteiger partial charge in [0.15, 0.2) is 0 Å². The smallest absolute Gasteiger partial charge is 0.242 e. The molecule has 0 spiro atoms. The molecule has 0 aromatic heterocycles. The standard InChI is InChI=1S/C10H14ClNO4S/c1-7-2-3-10(9(11)4-7)17(15,16)12-8(5-13)6-14/h2-4,8,12-14H,5-6H2,1H3. The SMILES string of the molecule is Cc1ccc(S(=O)(=O)NC(CO)CO)c(Cl)c1. The number of hydrogen-bond acceptors (Lipinski definition) is 4. The molecule has 1 aromatic rings. The van der Waals surface area contributed by atoms with Gasteiger partial charge >= 0.3 is 0 Å². The lowest BCUT2D eigenvalue weighted by molar-refractivity contribution is 0.185. The zero-order valence-electron chi connectivity index (χ0n) is 9.22. The van der Waals surface area contributed by atoms with Crippen LogP contribution >= 0.6 is 11.6 Å². The summed E-state index contributed by atoms with van der Waals surface area (Å²) in [7, 11) is -3.83. The van der Waals surface area contributed by atoms with Gasteiger partial charge in [-0.15, -0.1) is 0 Å². The average molecular weight is 280 g/mol. The van der Waals surface area contributed by atoms with Crippen molar-refractivity contribution in [2.24, 2.45) is 0 Å². The van der Waals surface area contributed by atoms with E-state index in [4.69, 9.17) is 21.8 Å². The van der Waals surface area contributed by atoms with Gasteiger partial charge in [0.1, 0.15) is 4.90 Å². The Labute approximate surface area is 105 Å². The molecule has 0 saturated heterocycles. The highest BCUT2D eigenvalue weighted by molar-refractivity contribution is 7.89. The van der Waals surface area contributed by atoms with E-state index in [-0.39, 0.29) is 9.92 Å². The summed E-state index contributed by atoms with van der Waals surface area (Å²) in [5.74, 6) is 0. The fourth-order valence-electron chi connectivity index (χ4n) is 1.24. The highest BCUT2D eigenvalue weighted by Gasteiger charge is 2.21. The van der Waals surface area contributed by atoms with Gasteiger partial charge in [-0.25, -0.2) is 13.1 Å². The maximum Gasteiger partial charge on any atom is 0.242 e. The summed E-state index contributed by atoms with van der Waals surface area (Å²) in [6.07, 6.45) is 0. The lowest BCUT2D eigenvalue weighted by Gasteiger charge is -2.14. The van der Waals surface area contributed by atoms with Gasteiger partial charge < -0.3 is 10.2 Å². The van der Waals surface area contributed by atoms with Crippen LogP contribution in [0.25, 0.3) is 0 Å². The monoisotopic (exact) mass is 279 g/mol. The molecule has 0 fully saturated rings. The number of rotatable bonds is 5. The van der Waals surface area contributed by atoms with Crippen molar-refractivity contribution < 1.29 is 18.6 Å². The Bertz CT molecular complexity index is 485. The molecule has 0 bridgehead atoms. The Morgan fingerprint density at radius 2 is 1.94 bits per heavy atom. The van der Waals surface area contributed by atoms with Gasteiger partial charge in [-0.1, -0.05) is 17.7 Å². The first-order chi connectivity index (χ1) is 7.90. The number of aryl methyl sites for hydroxylation is 1. The first-order valence-corrected chi connectivity index (χ1v) is 6.77. The predicted molar refractivity (Wildman–Crippen MR) is 64.5 cm³/mol. The van der Waals surface area contributed by atoms with Gasteiger partial charge in [-0.3, -0.25) is 0 Å². The fourth-order valence-corrected chi connectivity index (χ4v) is 3.06. The molecule has 0 radical (unpaired) electrons. The first kappa shape index (κ1) is 14.4. The number of halogens is 1. The number of sulfonamides is 1. The molecule has 1 rings (SSSR count). The van der Waals surface area contributed by atoms with Crippen LogP contribution < -0.4 is 4.72 Å². The third-order valence-corrected chi connectivity index (χ3v) is 4.14. The summed E-state index contributed by atoms with van der Waals surface area (Å²) < 4.78 is 25.9. The van der Waals surface area contributed by atoms with E-state index in [1.807, 2.05) is 0 Å². The van der Waals surface area contributed by atoms with Crippen LogP contribution in [0.2, 0.25) is 5.02 Å². The van der Waals surface area contributed by atoms with Crippen molar-refractivity contribution in [3.05, 3.63) is 28.8 Å². The average Bonchev–Trinajstić information content (AvgIpc) is 2.25. The van der Waals surface area contributed by atoms with Crippen molar-refractivity contribution in [3.63, 3.8) is 0 Å². The number of nitrogens with one attached hydrogen (secondary N) is 1. The van der Waals surface area contributed by atoms with Crippen LogP contribution in [0.5, 0.6) is 0 Å². The molecule has 96 valence electrons. The van der Waals surface area contributed by atoms with Gasteiger partial charge in [0.05, 0.1) is 24.3 Å². The topological polar surface area (TPSA) is 86.6 Å². The molecule has 0 saturated carbocycles. The van der Waals surface area contributed by atoms with E-state index in [0.717, 1.165) is 5.56 Å². The molecule has 0 atom stereocenters. The van der Waals surface area contributed by atoms with Crippen LogP contribution in [0.4, 0.5) is 0 Å². The Kier molecular flexibility index (Phi) is 4.91. The summed E-state index contributed by atoms with van der Waals surface area (Å²) in [6, 6.07) is 3.60. The normalized spacial score (nSPS) is 12.1. The zero-order valence-corrected chi connectivity index (χ0v) is 10.8. The summed E-state index contributed by atoms with van der Waals surface area (Å²) in [5.41, 5.74) is 0.842. The first-order valence-electron chi connectivity index (χ1n) is 4.91. The van der Waals surface area contributed by atoms with E-state index in [9.17, 15) is 8.42 Å². The highest BCUT2D eigenvalue weighted by Crippen LogP contribution is 2.22. The maximum absolute atomic E-state index is 11.9. The maximum atomic E-state index is 11.9. The summed E-state index contributed by atoms with van der Waals surface area (Å²) in [5, 5.41) is 17.8. The molecule has 0 aliphatic heterocycles. The Balaban J connectivity index is 3.05. The molecule has 7 heteroatoms. The molecule has 17 heavy (non-hydrogen) atoms. The van der Waals surface area contributed by atoms with E-state index in [2.05, 4.69) is 4.72 Å². The number of hydrogen-bond donors (Lipinski definition) is 3. The van der Waals surface area contributed by atoms with Crippen LogP contribution in [-0.2, 0) is 10.0 Å². The fraction of sp³-hybridized carbons (Fsp3) is 0.400. The molecule has 0 heterocycles. The van der Waals surface area contributed by atoms with E-state index in [1.165, 1.54) is 12.1 Å². The third kappa shape index (κ3) is 3.65. The van der Waals surface area contributed by atoms with Crippen molar-refractivity contribution in [1.82, 2.24) is 4.72 Å². The second-order valence-corrected chi connectivity index (χ2v) is 5.71. The third-order valence-electron chi connectivity index (χ3n) is 2.14. The lowest BCUT2D eigenvalue weighted by Crippen LogP contribution is -2.40. The van der Waals surface area contributed by atoms with Crippen molar-refractivity contribution in [2.75, 3.05) is 13.2 Å². The zero-order chi connectivity index (χ0) is 13.1. The van der Waals surface area contributed by atoms with Crippen LogP contribution in [0.1, 0.15) is 5.56 Å². The highest BCUT2D eigenvalue weighted by atomic mass is 35.5. The predicted octanol–water partition coefficient (Wildman–Crippen LogP) is 0.280. The summed E-state index contributed by atoms with van der Waals surface area (Å²) in [6.45, 7) is 0.818. The minimum absolute atomic E-state index is 0.0725. The molecule has 0 aliphatic carbocycles. The van der Waals surface area contributed by atoms with Gasteiger partial charge in [0.25, 0.3) is 0 Å². The van der Waals surface area contributed by atoms with Crippen LogP contribution in [0.15, 0.2) is 23.1 Å². The quantitative estimate of drug-likeness (QED) is 0.723. The largest absolute Gasteiger partial charge is 0.395 e. The minimum Gasteiger partial charge on any atom is -0.395 e. The van der Waals surface area contributed by atoms with Crippen LogP contribution in [-0.4, -0.2) is 37.9 Å². The van der Waals surface area contributed by atoms with E-state index < -0.39 is 29.3 Å². The van der Waals surface area contributed by atoms with Gasteiger partial charge in [-0.05, 0) is 24.6 Å².